The van der Waals surface area contributed by atoms with Gasteiger partial charge in [0.25, 0.3) is 5.91 Å². The fraction of sp³-hybridized carbons (Fsp3) is 0.500. The SMILES string of the molecule is Cc1cc(N2CCN(C(=O)c3ccccc3)CC2)nc(NC2CCCCC2)n1. The number of hydrogen-bond donors (Lipinski definition) is 1. The molecule has 28 heavy (non-hydrogen) atoms. The molecule has 1 N–H and O–H groups in total. The normalized spacial score (nSPS) is 18.2. The van der Waals surface area contributed by atoms with Crippen LogP contribution in [0.2, 0.25) is 0 Å². The molecule has 1 aliphatic heterocycles. The zero-order chi connectivity index (χ0) is 19.3. The van der Waals surface area contributed by atoms with E-state index in [4.69, 9.17) is 4.98 Å². The predicted octanol–water partition coefficient (Wildman–Crippen LogP) is 3.49. The molecule has 1 aromatic carbocycles. The number of piperazine rings is 1. The van der Waals surface area contributed by atoms with E-state index in [1.54, 1.807) is 0 Å². The zero-order valence-electron chi connectivity index (χ0n) is 16.6. The maximum atomic E-state index is 12.6. The third kappa shape index (κ3) is 4.43. The molecule has 2 aliphatic rings. The molecule has 1 saturated heterocycles. The number of carbonyl (C=O) groups is 1. The van der Waals surface area contributed by atoms with Crippen LogP contribution < -0.4 is 10.2 Å². The predicted molar refractivity (Wildman–Crippen MR) is 112 cm³/mol. The first-order valence-corrected chi connectivity index (χ1v) is 10.4. The molecular formula is C22H29N5O. The fourth-order valence-corrected chi connectivity index (χ4v) is 4.11. The highest BCUT2D eigenvalue weighted by Crippen LogP contribution is 2.22. The van der Waals surface area contributed by atoms with Crippen molar-refractivity contribution in [3.8, 4) is 0 Å². The third-order valence-electron chi connectivity index (χ3n) is 5.69. The molecule has 1 amide bonds. The van der Waals surface area contributed by atoms with E-state index in [1.165, 1.54) is 32.1 Å². The van der Waals surface area contributed by atoms with Crippen molar-refractivity contribution in [1.29, 1.82) is 0 Å². The summed E-state index contributed by atoms with van der Waals surface area (Å²) in [6, 6.07) is 12.1. The number of aryl methyl sites for hydroxylation is 1. The van der Waals surface area contributed by atoms with Crippen molar-refractivity contribution in [2.24, 2.45) is 0 Å². The van der Waals surface area contributed by atoms with E-state index in [0.717, 1.165) is 36.1 Å². The number of carbonyl (C=O) groups excluding carboxylic acids is 1. The van der Waals surface area contributed by atoms with E-state index in [2.05, 4.69) is 15.2 Å². The lowest BCUT2D eigenvalue weighted by Crippen LogP contribution is -2.49. The van der Waals surface area contributed by atoms with Gasteiger partial charge in [-0.25, -0.2) is 4.98 Å². The van der Waals surface area contributed by atoms with Crippen LogP contribution in [-0.4, -0.2) is 53.0 Å². The quantitative estimate of drug-likeness (QED) is 0.881. The van der Waals surface area contributed by atoms with E-state index in [1.807, 2.05) is 48.2 Å². The average molecular weight is 380 g/mol. The Morgan fingerprint density at radius 3 is 2.43 bits per heavy atom. The summed E-state index contributed by atoms with van der Waals surface area (Å²) >= 11 is 0. The lowest BCUT2D eigenvalue weighted by molar-refractivity contribution is 0.0746. The Hall–Kier alpha value is -2.63. The van der Waals surface area contributed by atoms with Crippen LogP contribution in [-0.2, 0) is 0 Å². The molecule has 6 nitrogen and oxygen atoms in total. The Morgan fingerprint density at radius 1 is 1.00 bits per heavy atom. The van der Waals surface area contributed by atoms with Crippen LogP contribution in [0.3, 0.4) is 0 Å². The van der Waals surface area contributed by atoms with Gasteiger partial charge in [-0.2, -0.15) is 4.98 Å². The molecule has 6 heteroatoms. The molecular weight excluding hydrogens is 350 g/mol. The van der Waals surface area contributed by atoms with Gasteiger partial charge in [0.2, 0.25) is 5.95 Å². The smallest absolute Gasteiger partial charge is 0.253 e. The Morgan fingerprint density at radius 2 is 1.71 bits per heavy atom. The Labute approximate surface area is 167 Å². The molecule has 0 bridgehead atoms. The Kier molecular flexibility index (Phi) is 5.74. The molecule has 2 heterocycles. The van der Waals surface area contributed by atoms with Crippen molar-refractivity contribution in [2.45, 2.75) is 45.1 Å². The summed E-state index contributed by atoms with van der Waals surface area (Å²) in [6.45, 7) is 5.02. The molecule has 0 unspecified atom stereocenters. The average Bonchev–Trinajstić information content (AvgIpc) is 2.74. The van der Waals surface area contributed by atoms with Gasteiger partial charge in [-0.3, -0.25) is 4.79 Å². The number of benzene rings is 1. The van der Waals surface area contributed by atoms with Crippen molar-refractivity contribution in [1.82, 2.24) is 14.9 Å². The van der Waals surface area contributed by atoms with Gasteiger partial charge >= 0.3 is 0 Å². The summed E-state index contributed by atoms with van der Waals surface area (Å²) in [5, 5.41) is 3.54. The number of aromatic nitrogens is 2. The minimum absolute atomic E-state index is 0.110. The van der Waals surface area contributed by atoms with Crippen LogP contribution in [0.1, 0.15) is 48.2 Å². The largest absolute Gasteiger partial charge is 0.353 e. The van der Waals surface area contributed by atoms with Gasteiger partial charge in [0.1, 0.15) is 5.82 Å². The molecule has 0 radical (unpaired) electrons. The summed E-state index contributed by atoms with van der Waals surface area (Å²) in [5.41, 5.74) is 1.74. The number of nitrogens with one attached hydrogen (secondary N) is 1. The standard InChI is InChI=1S/C22H29N5O/c1-17-16-20(25-22(23-17)24-19-10-6-3-7-11-19)26-12-14-27(15-13-26)21(28)18-8-4-2-5-9-18/h2,4-5,8-9,16,19H,3,6-7,10-15H2,1H3,(H,23,24,25). The summed E-state index contributed by atoms with van der Waals surface area (Å²) < 4.78 is 0. The van der Waals surface area contributed by atoms with Crippen molar-refractivity contribution in [2.75, 3.05) is 36.4 Å². The van der Waals surface area contributed by atoms with Gasteiger partial charge in [0.15, 0.2) is 0 Å². The highest BCUT2D eigenvalue weighted by molar-refractivity contribution is 5.94. The molecule has 0 atom stereocenters. The number of nitrogens with zero attached hydrogens (tertiary/aromatic N) is 4. The number of rotatable bonds is 4. The van der Waals surface area contributed by atoms with Crippen LogP contribution in [0.25, 0.3) is 0 Å². The lowest BCUT2D eigenvalue weighted by atomic mass is 9.96. The molecule has 1 aromatic heterocycles. The van der Waals surface area contributed by atoms with Crippen molar-refractivity contribution >= 4 is 17.7 Å². The van der Waals surface area contributed by atoms with Gasteiger partial charge in [-0.05, 0) is 31.9 Å². The summed E-state index contributed by atoms with van der Waals surface area (Å²) in [5.74, 6) is 1.81. The maximum Gasteiger partial charge on any atom is 0.253 e. The van der Waals surface area contributed by atoms with Crippen LogP contribution in [0.15, 0.2) is 36.4 Å². The molecule has 1 aliphatic carbocycles. The fourth-order valence-electron chi connectivity index (χ4n) is 4.11. The van der Waals surface area contributed by atoms with Crippen LogP contribution in [0.4, 0.5) is 11.8 Å². The topological polar surface area (TPSA) is 61.4 Å². The molecule has 0 spiro atoms. The molecule has 4 rings (SSSR count). The summed E-state index contributed by atoms with van der Waals surface area (Å²) in [7, 11) is 0. The van der Waals surface area contributed by atoms with Gasteiger partial charge in [0, 0.05) is 49.5 Å². The molecule has 2 fully saturated rings. The van der Waals surface area contributed by atoms with Crippen LogP contribution >= 0.6 is 0 Å². The van der Waals surface area contributed by atoms with E-state index >= 15 is 0 Å². The second kappa shape index (κ2) is 8.59. The van der Waals surface area contributed by atoms with Gasteiger partial charge in [0.05, 0.1) is 0 Å². The van der Waals surface area contributed by atoms with E-state index in [9.17, 15) is 4.79 Å². The number of amides is 1. The Bertz CT molecular complexity index is 796. The van der Waals surface area contributed by atoms with E-state index < -0.39 is 0 Å². The molecule has 148 valence electrons. The highest BCUT2D eigenvalue weighted by atomic mass is 16.2. The van der Waals surface area contributed by atoms with Crippen LogP contribution in [0, 0.1) is 6.92 Å². The minimum atomic E-state index is 0.110. The second-order valence-electron chi connectivity index (χ2n) is 7.82. The minimum Gasteiger partial charge on any atom is -0.353 e. The maximum absolute atomic E-state index is 12.6. The summed E-state index contributed by atoms with van der Waals surface area (Å²) in [6.07, 6.45) is 6.31. The number of hydrogen-bond acceptors (Lipinski definition) is 5. The summed E-state index contributed by atoms with van der Waals surface area (Å²) in [4.78, 5) is 26.2. The second-order valence-corrected chi connectivity index (χ2v) is 7.82. The lowest BCUT2D eigenvalue weighted by Gasteiger charge is -2.35. The van der Waals surface area contributed by atoms with Gasteiger partial charge < -0.3 is 15.1 Å². The van der Waals surface area contributed by atoms with Gasteiger partial charge in [-0.1, -0.05) is 37.5 Å². The van der Waals surface area contributed by atoms with Crippen LogP contribution in [0.5, 0.6) is 0 Å². The first kappa shape index (κ1) is 18.7. The highest BCUT2D eigenvalue weighted by Gasteiger charge is 2.23. The Balaban J connectivity index is 1.39. The molecule has 2 aromatic rings. The molecule has 1 saturated carbocycles. The first-order chi connectivity index (χ1) is 13.7. The van der Waals surface area contributed by atoms with Crippen molar-refractivity contribution in [3.63, 3.8) is 0 Å². The van der Waals surface area contributed by atoms with Gasteiger partial charge in [-0.15, -0.1) is 0 Å². The monoisotopic (exact) mass is 379 g/mol. The zero-order valence-corrected chi connectivity index (χ0v) is 16.6. The van der Waals surface area contributed by atoms with Crippen molar-refractivity contribution in [3.05, 3.63) is 47.7 Å². The first-order valence-electron chi connectivity index (χ1n) is 10.4. The third-order valence-corrected chi connectivity index (χ3v) is 5.69. The van der Waals surface area contributed by atoms with E-state index in [0.29, 0.717) is 19.1 Å². The van der Waals surface area contributed by atoms with Crippen molar-refractivity contribution < 1.29 is 4.79 Å². The number of anilines is 2. The van der Waals surface area contributed by atoms with E-state index in [-0.39, 0.29) is 5.91 Å².